The topological polar surface area (TPSA) is 67.9 Å². The Labute approximate surface area is 129 Å². The summed E-state index contributed by atoms with van der Waals surface area (Å²) in [6, 6.07) is 0. The van der Waals surface area contributed by atoms with Crippen LogP contribution in [0.1, 0.15) is 26.7 Å². The molecule has 7 heteroatoms. The maximum absolute atomic E-state index is 12.6. The van der Waals surface area contributed by atoms with Crippen LogP contribution in [0, 0.1) is 5.92 Å². The van der Waals surface area contributed by atoms with Crippen molar-refractivity contribution in [1.82, 2.24) is 9.62 Å². The van der Waals surface area contributed by atoms with Crippen molar-refractivity contribution in [3.63, 3.8) is 0 Å². The highest BCUT2D eigenvalue weighted by molar-refractivity contribution is 7.89. The number of rotatable bonds is 11. The number of nitrogens with zero attached hydrogens (tertiary/aromatic N) is 1. The summed E-state index contributed by atoms with van der Waals surface area (Å²) in [5.74, 6) is 0.434. The van der Waals surface area contributed by atoms with Crippen molar-refractivity contribution >= 4 is 10.0 Å². The van der Waals surface area contributed by atoms with Crippen LogP contribution in [0.4, 0.5) is 0 Å². The molecule has 1 rings (SSSR count). The van der Waals surface area contributed by atoms with Crippen LogP contribution in [0.5, 0.6) is 0 Å². The highest BCUT2D eigenvalue weighted by atomic mass is 32.2. The smallest absolute Gasteiger partial charge is 0.214 e. The maximum atomic E-state index is 12.6. The van der Waals surface area contributed by atoms with Gasteiger partial charge in [-0.3, -0.25) is 0 Å². The summed E-state index contributed by atoms with van der Waals surface area (Å²) in [7, 11) is -3.25. The molecule has 0 aliphatic carbocycles. The molecule has 1 aliphatic heterocycles. The van der Waals surface area contributed by atoms with Crippen molar-refractivity contribution in [3.8, 4) is 0 Å². The van der Waals surface area contributed by atoms with Crippen LogP contribution in [-0.4, -0.2) is 71.1 Å². The molecule has 0 bridgehead atoms. The van der Waals surface area contributed by atoms with Gasteiger partial charge < -0.3 is 14.8 Å². The quantitative estimate of drug-likeness (QED) is 0.567. The lowest BCUT2D eigenvalue weighted by atomic mass is 10.0. The van der Waals surface area contributed by atoms with E-state index < -0.39 is 10.0 Å². The molecule has 1 N–H and O–H groups in total. The second-order valence-electron chi connectivity index (χ2n) is 5.28. The maximum Gasteiger partial charge on any atom is 0.214 e. The summed E-state index contributed by atoms with van der Waals surface area (Å²) in [5.41, 5.74) is 0. The van der Waals surface area contributed by atoms with Crippen molar-refractivity contribution in [2.45, 2.75) is 26.7 Å². The number of ether oxygens (including phenoxy) is 2. The van der Waals surface area contributed by atoms with Gasteiger partial charge in [0.1, 0.15) is 0 Å². The molecule has 1 fully saturated rings. The van der Waals surface area contributed by atoms with Crippen molar-refractivity contribution < 1.29 is 17.9 Å². The average molecular weight is 322 g/mol. The Hall–Kier alpha value is -0.210. The van der Waals surface area contributed by atoms with Crippen molar-refractivity contribution in [1.29, 1.82) is 0 Å². The van der Waals surface area contributed by atoms with Gasteiger partial charge >= 0.3 is 0 Å². The summed E-state index contributed by atoms with van der Waals surface area (Å²) >= 11 is 0. The molecule has 126 valence electrons. The fourth-order valence-corrected chi connectivity index (χ4v) is 4.28. The van der Waals surface area contributed by atoms with Crippen molar-refractivity contribution in [3.05, 3.63) is 0 Å². The normalized spacial score (nSPS) is 20.0. The van der Waals surface area contributed by atoms with E-state index in [2.05, 4.69) is 5.32 Å². The Morgan fingerprint density at radius 2 is 1.76 bits per heavy atom. The molecule has 0 saturated carbocycles. The summed E-state index contributed by atoms with van der Waals surface area (Å²) < 4.78 is 37.3. The minimum atomic E-state index is -3.25. The predicted octanol–water partition coefficient (Wildman–Crippen LogP) is 0.691. The van der Waals surface area contributed by atoms with Gasteiger partial charge in [-0.15, -0.1) is 0 Å². The van der Waals surface area contributed by atoms with E-state index in [0.29, 0.717) is 39.5 Å². The monoisotopic (exact) mass is 322 g/mol. The van der Waals surface area contributed by atoms with Crippen molar-refractivity contribution in [2.75, 3.05) is 58.4 Å². The van der Waals surface area contributed by atoms with Gasteiger partial charge in [-0.2, -0.15) is 4.31 Å². The molecule has 0 aromatic heterocycles. The van der Waals surface area contributed by atoms with E-state index in [9.17, 15) is 8.42 Å². The Morgan fingerprint density at radius 3 is 2.24 bits per heavy atom. The van der Waals surface area contributed by atoms with Gasteiger partial charge in [-0.25, -0.2) is 8.42 Å². The summed E-state index contributed by atoms with van der Waals surface area (Å²) in [4.78, 5) is 0. The summed E-state index contributed by atoms with van der Waals surface area (Å²) in [6.45, 7) is 8.50. The van der Waals surface area contributed by atoms with Crippen LogP contribution in [0.15, 0.2) is 0 Å². The van der Waals surface area contributed by atoms with Crippen LogP contribution < -0.4 is 5.32 Å². The Morgan fingerprint density at radius 1 is 1.14 bits per heavy atom. The second-order valence-corrected chi connectivity index (χ2v) is 7.30. The van der Waals surface area contributed by atoms with Gasteiger partial charge in [0.2, 0.25) is 10.0 Å². The van der Waals surface area contributed by atoms with E-state index in [-0.39, 0.29) is 11.7 Å². The lowest BCUT2D eigenvalue weighted by Crippen LogP contribution is -2.42. The van der Waals surface area contributed by atoms with Crippen LogP contribution in [-0.2, 0) is 19.5 Å². The van der Waals surface area contributed by atoms with E-state index in [1.54, 1.807) is 0 Å². The van der Waals surface area contributed by atoms with Crippen LogP contribution in [0.25, 0.3) is 0 Å². The highest BCUT2D eigenvalue weighted by Crippen LogP contribution is 2.15. The van der Waals surface area contributed by atoms with E-state index in [1.807, 2.05) is 13.8 Å². The van der Waals surface area contributed by atoms with Crippen LogP contribution >= 0.6 is 0 Å². The molecular weight excluding hydrogens is 292 g/mol. The number of hydrogen-bond donors (Lipinski definition) is 1. The molecule has 1 unspecified atom stereocenters. The molecule has 0 aromatic carbocycles. The fourth-order valence-electron chi connectivity index (χ4n) is 2.48. The standard InChI is InChI=1S/C14H30N2O4S/c1-3-19-10-8-16(9-11-20-4-2)21(17,18)13-14-6-5-7-15-12-14/h14-15H,3-13H2,1-2H3. The van der Waals surface area contributed by atoms with Crippen LogP contribution in [0.3, 0.4) is 0 Å². The molecule has 21 heavy (non-hydrogen) atoms. The molecule has 0 radical (unpaired) electrons. The van der Waals surface area contributed by atoms with E-state index >= 15 is 0 Å². The molecule has 0 aromatic rings. The third-order valence-electron chi connectivity index (χ3n) is 3.62. The summed E-state index contributed by atoms with van der Waals surface area (Å²) in [5, 5.41) is 3.27. The molecule has 0 amide bonds. The van der Waals surface area contributed by atoms with Gasteiger partial charge in [0.25, 0.3) is 0 Å². The average Bonchev–Trinajstić information content (AvgIpc) is 2.46. The largest absolute Gasteiger partial charge is 0.380 e. The van der Waals surface area contributed by atoms with Gasteiger partial charge in [0.05, 0.1) is 19.0 Å². The number of nitrogens with one attached hydrogen (secondary N) is 1. The molecule has 0 spiro atoms. The first-order chi connectivity index (χ1) is 10.1. The predicted molar refractivity (Wildman–Crippen MR) is 83.9 cm³/mol. The van der Waals surface area contributed by atoms with Crippen molar-refractivity contribution in [2.24, 2.45) is 5.92 Å². The highest BCUT2D eigenvalue weighted by Gasteiger charge is 2.26. The summed E-state index contributed by atoms with van der Waals surface area (Å²) in [6.07, 6.45) is 2.04. The third kappa shape index (κ3) is 7.56. The minimum Gasteiger partial charge on any atom is -0.380 e. The first-order valence-electron chi connectivity index (χ1n) is 7.94. The second kappa shape index (κ2) is 10.5. The van der Waals surface area contributed by atoms with E-state index in [0.717, 1.165) is 25.9 Å². The Bertz CT molecular complexity index is 346. The zero-order chi connectivity index (χ0) is 15.6. The number of sulfonamides is 1. The first kappa shape index (κ1) is 18.8. The molecular formula is C14H30N2O4S. The van der Waals surface area contributed by atoms with Gasteiger partial charge in [0.15, 0.2) is 0 Å². The number of hydrogen-bond acceptors (Lipinski definition) is 5. The lowest BCUT2D eigenvalue weighted by Gasteiger charge is -2.27. The van der Waals surface area contributed by atoms with E-state index in [4.69, 9.17) is 9.47 Å². The first-order valence-corrected chi connectivity index (χ1v) is 9.55. The molecule has 1 aliphatic rings. The number of piperidine rings is 1. The SMILES string of the molecule is CCOCCN(CCOCC)S(=O)(=O)CC1CCCNC1. The third-order valence-corrected chi connectivity index (χ3v) is 5.66. The van der Waals surface area contributed by atoms with Gasteiger partial charge in [0, 0.05) is 26.3 Å². The van der Waals surface area contributed by atoms with E-state index in [1.165, 1.54) is 4.31 Å². The molecule has 6 nitrogen and oxygen atoms in total. The Balaban J connectivity index is 2.54. The molecule has 1 atom stereocenters. The molecule has 1 saturated heterocycles. The Kier molecular flexibility index (Phi) is 9.42. The minimum absolute atomic E-state index is 0.213. The fraction of sp³-hybridized carbons (Fsp3) is 1.00. The zero-order valence-corrected chi connectivity index (χ0v) is 14.2. The zero-order valence-electron chi connectivity index (χ0n) is 13.3. The van der Waals surface area contributed by atoms with Crippen LogP contribution in [0.2, 0.25) is 0 Å². The van der Waals surface area contributed by atoms with Gasteiger partial charge in [-0.1, -0.05) is 0 Å². The lowest BCUT2D eigenvalue weighted by molar-refractivity contribution is 0.110. The van der Waals surface area contributed by atoms with Gasteiger partial charge in [-0.05, 0) is 45.7 Å². The molecule has 1 heterocycles.